The standard InChI is InChI=1S/C13H11ClF2N2O4/c1-7-4-12(18-22-7)20-6-11(19)17-8-2-3-10(9(14)5-8)21-13(15)16/h2-5,13H,6H2,1H3,(H,17,19). The Bertz CT molecular complexity index is 663. The van der Waals surface area contributed by atoms with Crippen LogP contribution in [0.5, 0.6) is 11.6 Å². The normalized spacial score (nSPS) is 10.6. The van der Waals surface area contributed by atoms with Gasteiger partial charge in [-0.15, -0.1) is 0 Å². The molecule has 1 aromatic carbocycles. The highest BCUT2D eigenvalue weighted by atomic mass is 35.5. The third kappa shape index (κ3) is 4.59. The zero-order chi connectivity index (χ0) is 16.1. The zero-order valence-electron chi connectivity index (χ0n) is 11.3. The van der Waals surface area contributed by atoms with Gasteiger partial charge < -0.3 is 19.3 Å². The van der Waals surface area contributed by atoms with Crippen molar-refractivity contribution in [2.24, 2.45) is 0 Å². The minimum absolute atomic E-state index is 0.0499. The van der Waals surface area contributed by atoms with Crippen molar-refractivity contribution in [2.75, 3.05) is 11.9 Å². The highest BCUT2D eigenvalue weighted by Gasteiger charge is 2.11. The van der Waals surface area contributed by atoms with Crippen LogP contribution >= 0.6 is 11.6 Å². The predicted molar refractivity (Wildman–Crippen MR) is 73.4 cm³/mol. The van der Waals surface area contributed by atoms with Crippen LogP contribution < -0.4 is 14.8 Å². The van der Waals surface area contributed by atoms with Gasteiger partial charge in [0.2, 0.25) is 0 Å². The van der Waals surface area contributed by atoms with Crippen LogP contribution in [-0.2, 0) is 4.79 Å². The number of nitrogens with zero attached hydrogens (tertiary/aromatic N) is 1. The monoisotopic (exact) mass is 332 g/mol. The van der Waals surface area contributed by atoms with E-state index in [0.29, 0.717) is 11.4 Å². The summed E-state index contributed by atoms with van der Waals surface area (Å²) in [5.41, 5.74) is 0.316. The van der Waals surface area contributed by atoms with Crippen molar-refractivity contribution in [3.05, 3.63) is 35.0 Å². The molecule has 0 aliphatic rings. The Hall–Kier alpha value is -2.35. The first-order valence-corrected chi connectivity index (χ1v) is 6.42. The fraction of sp³-hybridized carbons (Fsp3) is 0.231. The molecule has 0 spiro atoms. The summed E-state index contributed by atoms with van der Waals surface area (Å²) in [7, 11) is 0. The number of carbonyl (C=O) groups excluding carboxylic acids is 1. The molecule has 1 amide bonds. The lowest BCUT2D eigenvalue weighted by atomic mass is 10.3. The number of ether oxygens (including phenoxy) is 2. The third-order valence-electron chi connectivity index (χ3n) is 2.39. The summed E-state index contributed by atoms with van der Waals surface area (Å²) in [6, 6.07) is 5.42. The van der Waals surface area contributed by atoms with Gasteiger partial charge in [-0.1, -0.05) is 11.6 Å². The average Bonchev–Trinajstić information content (AvgIpc) is 2.85. The van der Waals surface area contributed by atoms with Crippen molar-refractivity contribution in [2.45, 2.75) is 13.5 Å². The molecule has 6 nitrogen and oxygen atoms in total. The Morgan fingerprint density at radius 2 is 2.23 bits per heavy atom. The van der Waals surface area contributed by atoms with E-state index in [0.717, 1.165) is 0 Å². The molecule has 0 aliphatic carbocycles. The number of nitrogens with one attached hydrogen (secondary N) is 1. The Morgan fingerprint density at radius 1 is 1.45 bits per heavy atom. The molecular weight excluding hydrogens is 322 g/mol. The van der Waals surface area contributed by atoms with Gasteiger partial charge in [-0.2, -0.15) is 8.78 Å². The smallest absolute Gasteiger partial charge is 0.387 e. The molecule has 1 aromatic heterocycles. The maximum Gasteiger partial charge on any atom is 0.387 e. The Labute approximate surface area is 128 Å². The largest absolute Gasteiger partial charge is 0.465 e. The van der Waals surface area contributed by atoms with E-state index in [1.54, 1.807) is 6.92 Å². The van der Waals surface area contributed by atoms with Crippen LogP contribution in [0, 0.1) is 6.92 Å². The molecule has 0 radical (unpaired) electrons. The summed E-state index contributed by atoms with van der Waals surface area (Å²) in [4.78, 5) is 11.7. The number of alkyl halides is 2. The average molecular weight is 333 g/mol. The van der Waals surface area contributed by atoms with Crippen LogP contribution in [0.2, 0.25) is 5.02 Å². The molecule has 0 aliphatic heterocycles. The molecule has 1 heterocycles. The molecule has 22 heavy (non-hydrogen) atoms. The second-order valence-electron chi connectivity index (χ2n) is 4.14. The first-order chi connectivity index (χ1) is 10.4. The Kier molecular flexibility index (Phi) is 5.16. The molecule has 0 saturated carbocycles. The maximum atomic E-state index is 12.1. The van der Waals surface area contributed by atoms with E-state index in [2.05, 4.69) is 15.2 Å². The molecule has 2 aromatic rings. The number of carbonyl (C=O) groups is 1. The highest BCUT2D eigenvalue weighted by molar-refractivity contribution is 6.32. The van der Waals surface area contributed by atoms with Crippen molar-refractivity contribution in [1.82, 2.24) is 5.16 Å². The second-order valence-corrected chi connectivity index (χ2v) is 4.54. The maximum absolute atomic E-state index is 12.1. The van der Waals surface area contributed by atoms with Crippen molar-refractivity contribution in [3.8, 4) is 11.6 Å². The van der Waals surface area contributed by atoms with E-state index in [9.17, 15) is 13.6 Å². The minimum Gasteiger partial charge on any atom is -0.465 e. The lowest BCUT2D eigenvalue weighted by Crippen LogP contribution is -2.20. The van der Waals surface area contributed by atoms with Crippen LogP contribution in [0.4, 0.5) is 14.5 Å². The summed E-state index contributed by atoms with van der Waals surface area (Å²) in [5.74, 6) is 0.0893. The number of aryl methyl sites for hydroxylation is 1. The zero-order valence-corrected chi connectivity index (χ0v) is 12.1. The van der Waals surface area contributed by atoms with Gasteiger partial charge >= 0.3 is 6.61 Å². The van der Waals surface area contributed by atoms with Gasteiger partial charge in [0.05, 0.1) is 5.02 Å². The lowest BCUT2D eigenvalue weighted by molar-refractivity contribution is -0.118. The lowest BCUT2D eigenvalue weighted by Gasteiger charge is -2.09. The number of hydrogen-bond donors (Lipinski definition) is 1. The summed E-state index contributed by atoms with van der Waals surface area (Å²) >= 11 is 5.77. The molecule has 0 bridgehead atoms. The Balaban J connectivity index is 1.89. The van der Waals surface area contributed by atoms with Gasteiger partial charge in [-0.05, 0) is 30.3 Å². The van der Waals surface area contributed by atoms with Gasteiger partial charge in [0.25, 0.3) is 11.8 Å². The van der Waals surface area contributed by atoms with E-state index >= 15 is 0 Å². The third-order valence-corrected chi connectivity index (χ3v) is 2.68. The van der Waals surface area contributed by atoms with Crippen LogP contribution in [0.15, 0.2) is 28.8 Å². The van der Waals surface area contributed by atoms with Crippen LogP contribution in [0.25, 0.3) is 0 Å². The number of amides is 1. The van der Waals surface area contributed by atoms with Gasteiger partial charge in [-0.25, -0.2) is 0 Å². The first-order valence-electron chi connectivity index (χ1n) is 6.04. The Morgan fingerprint density at radius 3 is 2.82 bits per heavy atom. The van der Waals surface area contributed by atoms with E-state index in [1.807, 2.05) is 0 Å². The fourth-order valence-electron chi connectivity index (χ4n) is 1.52. The van der Waals surface area contributed by atoms with Gasteiger partial charge in [0.1, 0.15) is 11.5 Å². The summed E-state index contributed by atoms with van der Waals surface area (Å²) in [6.07, 6.45) is 0. The molecule has 1 N–H and O–H groups in total. The predicted octanol–water partition coefficient (Wildman–Crippen LogP) is 3.26. The highest BCUT2D eigenvalue weighted by Crippen LogP contribution is 2.28. The van der Waals surface area contributed by atoms with E-state index in [-0.39, 0.29) is 23.3 Å². The number of benzene rings is 1. The number of halogens is 3. The molecule has 0 atom stereocenters. The molecule has 9 heteroatoms. The number of rotatable bonds is 6. The van der Waals surface area contributed by atoms with Gasteiger partial charge in [-0.3, -0.25) is 4.79 Å². The SMILES string of the molecule is Cc1cc(OCC(=O)Nc2ccc(OC(F)F)c(Cl)c2)no1. The first kappa shape index (κ1) is 16.0. The van der Waals surface area contributed by atoms with E-state index in [4.69, 9.17) is 20.9 Å². The molecule has 0 fully saturated rings. The van der Waals surface area contributed by atoms with E-state index in [1.165, 1.54) is 24.3 Å². The molecule has 0 unspecified atom stereocenters. The molecular formula is C13H11ClF2N2O4. The van der Waals surface area contributed by atoms with Crippen LogP contribution in [0.1, 0.15) is 5.76 Å². The molecule has 0 saturated heterocycles. The van der Waals surface area contributed by atoms with Crippen LogP contribution in [-0.4, -0.2) is 24.3 Å². The number of hydrogen-bond acceptors (Lipinski definition) is 5. The summed E-state index contributed by atoms with van der Waals surface area (Å²) in [5, 5.41) is 6.00. The van der Waals surface area contributed by atoms with Crippen molar-refractivity contribution < 1.29 is 27.6 Å². The number of aromatic nitrogens is 1. The second kappa shape index (κ2) is 7.08. The van der Waals surface area contributed by atoms with Gasteiger partial charge in [0.15, 0.2) is 6.61 Å². The van der Waals surface area contributed by atoms with Crippen LogP contribution in [0.3, 0.4) is 0 Å². The van der Waals surface area contributed by atoms with Gasteiger partial charge in [0, 0.05) is 11.8 Å². The van der Waals surface area contributed by atoms with E-state index < -0.39 is 12.5 Å². The molecule has 118 valence electrons. The minimum atomic E-state index is -2.97. The summed E-state index contributed by atoms with van der Waals surface area (Å²) in [6.45, 7) is -1.58. The fourth-order valence-corrected chi connectivity index (χ4v) is 1.74. The van der Waals surface area contributed by atoms with Crippen molar-refractivity contribution in [3.63, 3.8) is 0 Å². The number of anilines is 1. The van der Waals surface area contributed by atoms with Crippen molar-refractivity contribution in [1.29, 1.82) is 0 Å². The summed E-state index contributed by atoms with van der Waals surface area (Å²) < 4.78 is 38.2. The quantitative estimate of drug-likeness (QED) is 0.879. The van der Waals surface area contributed by atoms with Crippen molar-refractivity contribution >= 4 is 23.2 Å². The topological polar surface area (TPSA) is 73.6 Å². The molecule has 2 rings (SSSR count).